The lowest BCUT2D eigenvalue weighted by atomic mass is 10.2. The standard InChI is InChI=1S/C11H17FN2/c1-3-14(4-2)8-9-5-6-10(12)11(13)7-9/h5-7H,3-4,8,13H2,1-2H3. The van der Waals surface area contributed by atoms with Gasteiger partial charge in [-0.15, -0.1) is 0 Å². The number of hydrogen-bond acceptors (Lipinski definition) is 2. The van der Waals surface area contributed by atoms with Crippen LogP contribution in [-0.2, 0) is 6.54 Å². The van der Waals surface area contributed by atoms with E-state index in [1.54, 1.807) is 12.1 Å². The minimum atomic E-state index is -0.340. The van der Waals surface area contributed by atoms with Crippen molar-refractivity contribution in [3.63, 3.8) is 0 Å². The maximum Gasteiger partial charge on any atom is 0.146 e. The Bertz CT molecular complexity index is 295. The molecular weight excluding hydrogens is 179 g/mol. The molecule has 14 heavy (non-hydrogen) atoms. The average molecular weight is 196 g/mol. The van der Waals surface area contributed by atoms with Crippen LogP contribution in [0.5, 0.6) is 0 Å². The smallest absolute Gasteiger partial charge is 0.146 e. The Balaban J connectivity index is 2.72. The van der Waals surface area contributed by atoms with Gasteiger partial charge in [0.05, 0.1) is 5.69 Å². The van der Waals surface area contributed by atoms with E-state index in [-0.39, 0.29) is 11.5 Å². The Morgan fingerprint density at radius 1 is 1.29 bits per heavy atom. The van der Waals surface area contributed by atoms with Crippen molar-refractivity contribution in [1.29, 1.82) is 0 Å². The molecule has 0 bridgehead atoms. The van der Waals surface area contributed by atoms with Crippen LogP contribution in [0.2, 0.25) is 0 Å². The van der Waals surface area contributed by atoms with E-state index in [4.69, 9.17) is 5.73 Å². The predicted octanol–water partition coefficient (Wildman–Crippen LogP) is 2.25. The van der Waals surface area contributed by atoms with Gasteiger partial charge >= 0.3 is 0 Å². The molecule has 1 aromatic rings. The third-order valence-corrected chi connectivity index (χ3v) is 2.36. The van der Waals surface area contributed by atoms with E-state index in [1.165, 1.54) is 6.07 Å². The van der Waals surface area contributed by atoms with Crippen LogP contribution in [0.3, 0.4) is 0 Å². The van der Waals surface area contributed by atoms with Crippen molar-refractivity contribution in [2.24, 2.45) is 0 Å². The van der Waals surface area contributed by atoms with Crippen molar-refractivity contribution in [2.45, 2.75) is 20.4 Å². The van der Waals surface area contributed by atoms with E-state index < -0.39 is 0 Å². The fourth-order valence-corrected chi connectivity index (χ4v) is 1.40. The van der Waals surface area contributed by atoms with Gasteiger partial charge in [-0.25, -0.2) is 4.39 Å². The number of hydrogen-bond donors (Lipinski definition) is 1. The van der Waals surface area contributed by atoms with Crippen LogP contribution in [0.1, 0.15) is 19.4 Å². The lowest BCUT2D eigenvalue weighted by Gasteiger charge is -2.18. The molecule has 0 aliphatic heterocycles. The molecule has 0 saturated carbocycles. The zero-order chi connectivity index (χ0) is 10.6. The first-order valence-corrected chi connectivity index (χ1v) is 4.93. The summed E-state index contributed by atoms with van der Waals surface area (Å²) in [5.74, 6) is -0.340. The van der Waals surface area contributed by atoms with Gasteiger partial charge in [-0.2, -0.15) is 0 Å². The molecule has 0 unspecified atom stereocenters. The highest BCUT2D eigenvalue weighted by Gasteiger charge is 2.03. The van der Waals surface area contributed by atoms with E-state index in [9.17, 15) is 4.39 Å². The van der Waals surface area contributed by atoms with Gasteiger partial charge in [-0.1, -0.05) is 19.9 Å². The molecule has 3 heteroatoms. The molecular formula is C11H17FN2. The molecule has 1 aromatic carbocycles. The van der Waals surface area contributed by atoms with Crippen molar-refractivity contribution in [3.8, 4) is 0 Å². The zero-order valence-corrected chi connectivity index (χ0v) is 8.76. The quantitative estimate of drug-likeness (QED) is 0.748. The summed E-state index contributed by atoms with van der Waals surface area (Å²) in [6, 6.07) is 4.91. The Morgan fingerprint density at radius 2 is 1.93 bits per heavy atom. The van der Waals surface area contributed by atoms with E-state index >= 15 is 0 Å². The van der Waals surface area contributed by atoms with Crippen LogP contribution in [0.15, 0.2) is 18.2 Å². The maximum absolute atomic E-state index is 12.9. The summed E-state index contributed by atoms with van der Waals surface area (Å²) in [4.78, 5) is 2.26. The van der Waals surface area contributed by atoms with Gasteiger partial charge in [0.1, 0.15) is 5.82 Å². The van der Waals surface area contributed by atoms with Crippen molar-refractivity contribution in [1.82, 2.24) is 4.90 Å². The van der Waals surface area contributed by atoms with Gasteiger partial charge in [0.25, 0.3) is 0 Å². The monoisotopic (exact) mass is 196 g/mol. The molecule has 0 aliphatic rings. The van der Waals surface area contributed by atoms with Gasteiger partial charge in [-0.3, -0.25) is 4.90 Å². The third kappa shape index (κ3) is 2.70. The van der Waals surface area contributed by atoms with Crippen LogP contribution in [0.25, 0.3) is 0 Å². The van der Waals surface area contributed by atoms with Crippen LogP contribution in [0.4, 0.5) is 10.1 Å². The molecule has 1 rings (SSSR count). The number of nitrogens with zero attached hydrogens (tertiary/aromatic N) is 1. The Hall–Kier alpha value is -1.09. The van der Waals surface area contributed by atoms with Crippen molar-refractivity contribution in [3.05, 3.63) is 29.6 Å². The summed E-state index contributed by atoms with van der Waals surface area (Å²) >= 11 is 0. The summed E-state index contributed by atoms with van der Waals surface area (Å²) in [6.45, 7) is 7.03. The van der Waals surface area contributed by atoms with Crippen LogP contribution in [-0.4, -0.2) is 18.0 Å². The molecule has 0 heterocycles. The lowest BCUT2D eigenvalue weighted by molar-refractivity contribution is 0.296. The summed E-state index contributed by atoms with van der Waals surface area (Å²) in [5.41, 5.74) is 6.78. The number of anilines is 1. The molecule has 0 amide bonds. The number of halogens is 1. The highest BCUT2D eigenvalue weighted by atomic mass is 19.1. The first kappa shape index (κ1) is 11.0. The normalized spacial score (nSPS) is 10.9. The SMILES string of the molecule is CCN(CC)Cc1ccc(F)c(N)c1. The highest BCUT2D eigenvalue weighted by Crippen LogP contribution is 2.13. The second-order valence-corrected chi connectivity index (χ2v) is 3.32. The zero-order valence-electron chi connectivity index (χ0n) is 8.76. The van der Waals surface area contributed by atoms with E-state index in [2.05, 4.69) is 18.7 Å². The van der Waals surface area contributed by atoms with Gasteiger partial charge in [0, 0.05) is 6.54 Å². The van der Waals surface area contributed by atoms with Crippen LogP contribution in [0, 0.1) is 5.82 Å². The Kier molecular flexibility index (Phi) is 3.89. The minimum Gasteiger partial charge on any atom is -0.396 e. The summed E-state index contributed by atoms with van der Waals surface area (Å²) in [7, 11) is 0. The average Bonchev–Trinajstić information content (AvgIpc) is 2.19. The maximum atomic E-state index is 12.9. The molecule has 78 valence electrons. The summed E-state index contributed by atoms with van der Waals surface area (Å²) in [5, 5.41) is 0. The summed E-state index contributed by atoms with van der Waals surface area (Å²) in [6.07, 6.45) is 0. The summed E-state index contributed by atoms with van der Waals surface area (Å²) < 4.78 is 12.9. The van der Waals surface area contributed by atoms with Crippen molar-refractivity contribution in [2.75, 3.05) is 18.8 Å². The molecule has 0 atom stereocenters. The first-order chi connectivity index (χ1) is 6.67. The fraction of sp³-hybridized carbons (Fsp3) is 0.455. The molecule has 0 spiro atoms. The molecule has 0 aliphatic carbocycles. The molecule has 0 fully saturated rings. The minimum absolute atomic E-state index is 0.231. The second-order valence-electron chi connectivity index (χ2n) is 3.32. The number of nitrogen functional groups attached to an aromatic ring is 1. The molecule has 2 N–H and O–H groups in total. The van der Waals surface area contributed by atoms with Gasteiger partial charge in [0.2, 0.25) is 0 Å². The first-order valence-electron chi connectivity index (χ1n) is 4.93. The van der Waals surface area contributed by atoms with E-state index in [0.29, 0.717) is 0 Å². The number of nitrogens with two attached hydrogens (primary N) is 1. The Labute approximate surface area is 84.5 Å². The van der Waals surface area contributed by atoms with Crippen LogP contribution >= 0.6 is 0 Å². The molecule has 0 saturated heterocycles. The largest absolute Gasteiger partial charge is 0.396 e. The number of benzene rings is 1. The van der Waals surface area contributed by atoms with E-state index in [1.807, 2.05) is 0 Å². The van der Waals surface area contributed by atoms with Gasteiger partial charge < -0.3 is 5.73 Å². The molecule has 2 nitrogen and oxygen atoms in total. The van der Waals surface area contributed by atoms with Gasteiger partial charge in [-0.05, 0) is 30.8 Å². The topological polar surface area (TPSA) is 29.3 Å². The van der Waals surface area contributed by atoms with E-state index in [0.717, 1.165) is 25.2 Å². The van der Waals surface area contributed by atoms with Crippen molar-refractivity contribution < 1.29 is 4.39 Å². The van der Waals surface area contributed by atoms with Crippen LogP contribution < -0.4 is 5.73 Å². The molecule has 0 aromatic heterocycles. The second kappa shape index (κ2) is 4.96. The van der Waals surface area contributed by atoms with Gasteiger partial charge in [0.15, 0.2) is 0 Å². The molecule has 0 radical (unpaired) electrons. The lowest BCUT2D eigenvalue weighted by Crippen LogP contribution is -2.22. The van der Waals surface area contributed by atoms with Crippen molar-refractivity contribution >= 4 is 5.69 Å². The highest BCUT2D eigenvalue weighted by molar-refractivity contribution is 5.42. The Morgan fingerprint density at radius 3 is 2.43 bits per heavy atom. The predicted molar refractivity (Wildman–Crippen MR) is 57.4 cm³/mol. The fourth-order valence-electron chi connectivity index (χ4n) is 1.40. The third-order valence-electron chi connectivity index (χ3n) is 2.36. The number of rotatable bonds is 4.